The number of anilines is 1. The van der Waals surface area contributed by atoms with E-state index in [1.54, 1.807) is 13.8 Å². The van der Waals surface area contributed by atoms with Crippen LogP contribution in [-0.2, 0) is 14.3 Å². The second-order valence-corrected chi connectivity index (χ2v) is 7.08. The normalized spacial score (nSPS) is 12.5. The van der Waals surface area contributed by atoms with Gasteiger partial charge in [0, 0.05) is 23.4 Å². The minimum Gasteiger partial charge on any atom is -0.451 e. The first kappa shape index (κ1) is 23.5. The van der Waals surface area contributed by atoms with Crippen molar-refractivity contribution in [3.63, 3.8) is 0 Å². The molecule has 0 fully saturated rings. The van der Waals surface area contributed by atoms with Crippen LogP contribution in [-0.4, -0.2) is 34.9 Å². The first-order valence-electron chi connectivity index (χ1n) is 9.40. The van der Waals surface area contributed by atoms with Crippen LogP contribution < -0.4 is 10.6 Å². The molecule has 1 unspecified atom stereocenters. The third kappa shape index (κ3) is 6.59. The fourth-order valence-electron chi connectivity index (χ4n) is 2.57. The molecule has 2 N–H and O–H groups in total. The zero-order valence-corrected chi connectivity index (χ0v) is 17.1. The summed E-state index contributed by atoms with van der Waals surface area (Å²) < 4.78 is 18.2. The van der Waals surface area contributed by atoms with Gasteiger partial charge in [0.2, 0.25) is 0 Å². The van der Waals surface area contributed by atoms with Gasteiger partial charge in [-0.05, 0) is 43.2 Å². The monoisotopic (exact) mass is 431 g/mol. The fraction of sp³-hybridized carbons (Fsp3) is 0.286. The molecule has 2 aromatic carbocycles. The first-order chi connectivity index (χ1) is 14.6. The van der Waals surface area contributed by atoms with Crippen LogP contribution in [0.5, 0.6) is 0 Å². The van der Waals surface area contributed by atoms with Gasteiger partial charge in [0.15, 0.2) is 6.10 Å². The average molecular weight is 431 g/mol. The predicted molar refractivity (Wildman–Crippen MR) is 110 cm³/mol. The molecule has 0 aliphatic heterocycles. The first-order valence-corrected chi connectivity index (χ1v) is 9.40. The number of rotatable bonds is 8. The zero-order valence-electron chi connectivity index (χ0n) is 17.1. The highest BCUT2D eigenvalue weighted by molar-refractivity contribution is 5.98. The molecule has 0 aliphatic rings. The Morgan fingerprint density at radius 3 is 2.29 bits per heavy atom. The van der Waals surface area contributed by atoms with Crippen molar-refractivity contribution in [1.82, 2.24) is 5.32 Å². The van der Waals surface area contributed by atoms with Crippen molar-refractivity contribution in [2.75, 3.05) is 5.32 Å². The molecule has 2 rings (SSSR count). The highest BCUT2D eigenvalue weighted by Gasteiger charge is 2.29. The number of nitrogens with zero attached hydrogens (tertiary/aromatic N) is 1. The van der Waals surface area contributed by atoms with Gasteiger partial charge in [-0.1, -0.05) is 19.9 Å². The largest absolute Gasteiger partial charge is 0.451 e. The highest BCUT2D eigenvalue weighted by atomic mass is 19.1. The molecule has 164 valence electrons. The SMILES string of the molecule is CC(OC(=O)[C@H](NC(=O)c1ccc(F)cc1)C(C)C)C(=O)Nc1cccc([N+](=O)[O-])c1. The van der Waals surface area contributed by atoms with Crippen LogP contribution in [0.1, 0.15) is 31.1 Å². The molecular weight excluding hydrogens is 409 g/mol. The quantitative estimate of drug-likeness (QED) is 0.376. The molecule has 31 heavy (non-hydrogen) atoms. The van der Waals surface area contributed by atoms with Gasteiger partial charge in [-0.2, -0.15) is 0 Å². The summed E-state index contributed by atoms with van der Waals surface area (Å²) in [7, 11) is 0. The van der Waals surface area contributed by atoms with Crippen LogP contribution in [0.3, 0.4) is 0 Å². The van der Waals surface area contributed by atoms with Gasteiger partial charge in [0.1, 0.15) is 11.9 Å². The molecule has 0 radical (unpaired) electrons. The maximum absolute atomic E-state index is 13.0. The molecule has 0 bridgehead atoms. The number of nitrogens with one attached hydrogen (secondary N) is 2. The van der Waals surface area contributed by atoms with Crippen LogP contribution in [0.4, 0.5) is 15.8 Å². The number of benzene rings is 2. The topological polar surface area (TPSA) is 128 Å². The van der Waals surface area contributed by atoms with Crippen LogP contribution in [0.25, 0.3) is 0 Å². The number of ether oxygens (including phenoxy) is 1. The summed E-state index contributed by atoms with van der Waals surface area (Å²) in [5.41, 5.74) is 0.134. The molecule has 0 saturated carbocycles. The van der Waals surface area contributed by atoms with Gasteiger partial charge in [0.25, 0.3) is 17.5 Å². The Bertz CT molecular complexity index is 977. The number of amides is 2. The number of halogens is 1. The van der Waals surface area contributed by atoms with Crippen molar-refractivity contribution >= 4 is 29.2 Å². The summed E-state index contributed by atoms with van der Waals surface area (Å²) in [4.78, 5) is 47.4. The number of hydrogen-bond donors (Lipinski definition) is 2. The Morgan fingerprint density at radius 2 is 1.71 bits per heavy atom. The van der Waals surface area contributed by atoms with E-state index in [-0.39, 0.29) is 22.9 Å². The molecule has 0 spiro atoms. The Morgan fingerprint density at radius 1 is 1.06 bits per heavy atom. The lowest BCUT2D eigenvalue weighted by molar-refractivity contribution is -0.384. The lowest BCUT2D eigenvalue weighted by Gasteiger charge is -2.23. The number of nitro groups is 1. The summed E-state index contributed by atoms with van der Waals surface area (Å²) in [6.07, 6.45) is -1.23. The van der Waals surface area contributed by atoms with E-state index >= 15 is 0 Å². The Hall–Kier alpha value is -3.82. The zero-order chi connectivity index (χ0) is 23.1. The van der Waals surface area contributed by atoms with Gasteiger partial charge in [-0.3, -0.25) is 19.7 Å². The highest BCUT2D eigenvalue weighted by Crippen LogP contribution is 2.17. The van der Waals surface area contributed by atoms with Crippen LogP contribution in [0.2, 0.25) is 0 Å². The van der Waals surface area contributed by atoms with Crippen molar-refractivity contribution in [1.29, 1.82) is 0 Å². The second kappa shape index (κ2) is 10.3. The Labute approximate surface area is 177 Å². The number of carbonyl (C=O) groups is 3. The molecule has 0 heterocycles. The molecule has 0 aliphatic carbocycles. The molecular formula is C21H22FN3O6. The van der Waals surface area contributed by atoms with E-state index in [1.165, 1.54) is 43.3 Å². The van der Waals surface area contributed by atoms with Gasteiger partial charge in [-0.25, -0.2) is 9.18 Å². The summed E-state index contributed by atoms with van der Waals surface area (Å²) in [6.45, 7) is 4.71. The molecule has 9 nitrogen and oxygen atoms in total. The lowest BCUT2D eigenvalue weighted by Crippen LogP contribution is -2.47. The molecule has 2 aromatic rings. The van der Waals surface area contributed by atoms with Gasteiger partial charge in [0.05, 0.1) is 4.92 Å². The van der Waals surface area contributed by atoms with Gasteiger partial charge < -0.3 is 15.4 Å². The molecule has 2 amide bonds. The van der Waals surface area contributed by atoms with Crippen molar-refractivity contribution in [3.05, 3.63) is 70.0 Å². The maximum Gasteiger partial charge on any atom is 0.329 e. The number of non-ortho nitro benzene ring substituents is 1. The van der Waals surface area contributed by atoms with Crippen molar-refractivity contribution in [2.24, 2.45) is 5.92 Å². The summed E-state index contributed by atoms with van der Waals surface area (Å²) in [5.74, 6) is -2.97. The van der Waals surface area contributed by atoms with Crippen LogP contribution in [0, 0.1) is 21.8 Å². The van der Waals surface area contributed by atoms with Crippen molar-refractivity contribution in [2.45, 2.75) is 32.9 Å². The number of esters is 1. The molecule has 10 heteroatoms. The van der Waals surface area contributed by atoms with E-state index < -0.39 is 40.7 Å². The lowest BCUT2D eigenvalue weighted by atomic mass is 10.0. The Kier molecular flexibility index (Phi) is 7.78. The summed E-state index contributed by atoms with van der Waals surface area (Å²) in [6, 6.07) is 9.07. The Balaban J connectivity index is 2.01. The van der Waals surface area contributed by atoms with Gasteiger partial charge in [-0.15, -0.1) is 0 Å². The van der Waals surface area contributed by atoms with E-state index in [0.29, 0.717) is 0 Å². The molecule has 2 atom stereocenters. The van der Waals surface area contributed by atoms with E-state index in [9.17, 15) is 28.9 Å². The third-order valence-electron chi connectivity index (χ3n) is 4.30. The van der Waals surface area contributed by atoms with E-state index in [4.69, 9.17) is 4.74 Å². The summed E-state index contributed by atoms with van der Waals surface area (Å²) >= 11 is 0. The fourth-order valence-corrected chi connectivity index (χ4v) is 2.57. The minimum atomic E-state index is -1.23. The molecule has 0 aromatic heterocycles. The maximum atomic E-state index is 13.0. The van der Waals surface area contributed by atoms with E-state index in [2.05, 4.69) is 10.6 Å². The third-order valence-corrected chi connectivity index (χ3v) is 4.30. The second-order valence-electron chi connectivity index (χ2n) is 7.08. The minimum absolute atomic E-state index is 0.163. The average Bonchev–Trinajstić information content (AvgIpc) is 2.72. The van der Waals surface area contributed by atoms with E-state index in [1.807, 2.05) is 0 Å². The number of carbonyl (C=O) groups excluding carboxylic acids is 3. The van der Waals surface area contributed by atoms with Crippen LogP contribution >= 0.6 is 0 Å². The number of nitro benzene ring substituents is 1. The predicted octanol–water partition coefficient (Wildman–Crippen LogP) is 3.06. The summed E-state index contributed by atoms with van der Waals surface area (Å²) in [5, 5.41) is 15.8. The molecule has 0 saturated heterocycles. The van der Waals surface area contributed by atoms with Crippen LogP contribution in [0.15, 0.2) is 48.5 Å². The van der Waals surface area contributed by atoms with Crippen molar-refractivity contribution < 1.29 is 28.4 Å². The van der Waals surface area contributed by atoms with Gasteiger partial charge >= 0.3 is 5.97 Å². The smallest absolute Gasteiger partial charge is 0.329 e. The van der Waals surface area contributed by atoms with Crippen molar-refractivity contribution in [3.8, 4) is 0 Å². The number of hydrogen-bond acceptors (Lipinski definition) is 6. The van der Waals surface area contributed by atoms with E-state index in [0.717, 1.165) is 12.1 Å². The standard InChI is InChI=1S/C21H22FN3O6/c1-12(2)18(24-20(27)14-7-9-15(22)10-8-14)21(28)31-13(3)19(26)23-16-5-4-6-17(11-16)25(29)30/h4-13,18H,1-3H3,(H,23,26)(H,24,27)/t13?,18-/m1/s1.